The molecule has 30 heavy (non-hydrogen) atoms. The van der Waals surface area contributed by atoms with E-state index in [9.17, 15) is 0 Å². The zero-order valence-electron chi connectivity index (χ0n) is 17.2. The number of hydrogen-bond donors (Lipinski definition) is 0. The van der Waals surface area contributed by atoms with E-state index in [2.05, 4.69) is 70.2 Å². The molecule has 0 aliphatic carbocycles. The average Bonchev–Trinajstić information content (AvgIpc) is 3.22. The summed E-state index contributed by atoms with van der Waals surface area (Å²) in [6, 6.07) is 24.5. The zero-order valence-corrected chi connectivity index (χ0v) is 18.0. The van der Waals surface area contributed by atoms with E-state index in [1.807, 2.05) is 24.3 Å². The van der Waals surface area contributed by atoms with Gasteiger partial charge in [0.05, 0.1) is 14.2 Å². The molecule has 0 saturated carbocycles. The second kappa shape index (κ2) is 9.05. The highest BCUT2D eigenvalue weighted by Gasteiger charge is 2.18. The summed E-state index contributed by atoms with van der Waals surface area (Å²) in [7, 11) is 3.29. The largest absolute Gasteiger partial charge is 0.497 e. The number of ether oxygens (including phenoxy) is 2. The Bertz CT molecular complexity index is 1100. The summed E-state index contributed by atoms with van der Waals surface area (Å²) in [6.07, 6.45) is 0. The van der Waals surface area contributed by atoms with Crippen molar-refractivity contribution in [3.05, 3.63) is 83.9 Å². The van der Waals surface area contributed by atoms with E-state index < -0.39 is 0 Å². The van der Waals surface area contributed by atoms with Crippen LogP contribution >= 0.6 is 11.8 Å². The van der Waals surface area contributed by atoms with Crippen molar-refractivity contribution >= 4 is 11.8 Å². The van der Waals surface area contributed by atoms with Crippen molar-refractivity contribution in [1.29, 1.82) is 0 Å². The highest BCUT2D eigenvalue weighted by atomic mass is 32.2. The van der Waals surface area contributed by atoms with E-state index in [0.717, 1.165) is 28.0 Å². The van der Waals surface area contributed by atoms with Gasteiger partial charge in [-0.05, 0) is 36.8 Å². The number of benzene rings is 3. The number of aryl methyl sites for hydroxylation is 1. The third kappa shape index (κ3) is 4.33. The van der Waals surface area contributed by atoms with Crippen LogP contribution in [-0.2, 0) is 5.75 Å². The molecule has 0 unspecified atom stereocenters. The number of aromatic nitrogens is 3. The van der Waals surface area contributed by atoms with E-state index in [1.54, 1.807) is 26.0 Å². The molecule has 0 amide bonds. The van der Waals surface area contributed by atoms with Gasteiger partial charge in [-0.15, -0.1) is 10.2 Å². The summed E-state index contributed by atoms with van der Waals surface area (Å²) in [5.74, 6) is 2.97. The Morgan fingerprint density at radius 3 is 2.13 bits per heavy atom. The summed E-state index contributed by atoms with van der Waals surface area (Å²) in [4.78, 5) is 0. The van der Waals surface area contributed by atoms with Gasteiger partial charge in [0.1, 0.15) is 11.5 Å². The molecule has 0 saturated heterocycles. The Labute approximate surface area is 180 Å². The first-order valence-corrected chi connectivity index (χ1v) is 10.6. The van der Waals surface area contributed by atoms with Crippen LogP contribution in [0.25, 0.3) is 17.1 Å². The summed E-state index contributed by atoms with van der Waals surface area (Å²) < 4.78 is 13.0. The van der Waals surface area contributed by atoms with Crippen LogP contribution in [0.3, 0.4) is 0 Å². The number of nitrogens with zero attached hydrogens (tertiary/aromatic N) is 3. The highest BCUT2D eigenvalue weighted by Crippen LogP contribution is 2.33. The van der Waals surface area contributed by atoms with Crippen LogP contribution in [-0.4, -0.2) is 29.0 Å². The first kappa shape index (κ1) is 20.0. The van der Waals surface area contributed by atoms with Crippen LogP contribution in [0, 0.1) is 6.92 Å². The smallest absolute Gasteiger partial charge is 0.196 e. The summed E-state index contributed by atoms with van der Waals surface area (Å²) in [6.45, 7) is 2.08. The Morgan fingerprint density at radius 1 is 0.833 bits per heavy atom. The van der Waals surface area contributed by atoms with Gasteiger partial charge in [0.15, 0.2) is 11.0 Å². The van der Waals surface area contributed by atoms with E-state index in [-0.39, 0.29) is 0 Å². The minimum atomic E-state index is 0.710. The lowest BCUT2D eigenvalue weighted by Crippen LogP contribution is -2.00. The standard InChI is InChI=1S/C24H23N3O2S/c1-17-9-11-20(12-10-17)27-23(19-13-21(28-2)15-22(14-19)29-3)25-26-24(27)30-16-18-7-5-4-6-8-18/h4-15H,16H2,1-3H3. The molecule has 6 heteroatoms. The lowest BCUT2D eigenvalue weighted by atomic mass is 10.1. The number of thioether (sulfide) groups is 1. The van der Waals surface area contributed by atoms with Gasteiger partial charge in [-0.25, -0.2) is 0 Å². The molecular formula is C24H23N3O2S. The van der Waals surface area contributed by atoms with Gasteiger partial charge in [0.25, 0.3) is 0 Å². The van der Waals surface area contributed by atoms with Gasteiger partial charge in [-0.1, -0.05) is 59.8 Å². The number of methoxy groups -OCH3 is 2. The SMILES string of the molecule is COc1cc(OC)cc(-c2nnc(SCc3ccccc3)n2-c2ccc(C)cc2)c1. The molecule has 1 heterocycles. The molecule has 4 rings (SSSR count). The van der Waals surface area contributed by atoms with E-state index in [1.165, 1.54) is 11.1 Å². The molecule has 0 aliphatic rings. The van der Waals surface area contributed by atoms with Crippen LogP contribution in [0.5, 0.6) is 11.5 Å². The topological polar surface area (TPSA) is 49.2 Å². The second-order valence-electron chi connectivity index (χ2n) is 6.85. The third-order valence-corrected chi connectivity index (χ3v) is 5.75. The predicted molar refractivity (Wildman–Crippen MR) is 121 cm³/mol. The third-order valence-electron chi connectivity index (χ3n) is 4.75. The van der Waals surface area contributed by atoms with Crippen molar-refractivity contribution in [1.82, 2.24) is 14.8 Å². The molecular weight excluding hydrogens is 394 g/mol. The Hall–Kier alpha value is -3.25. The lowest BCUT2D eigenvalue weighted by Gasteiger charge is -2.12. The Kier molecular flexibility index (Phi) is 6.05. The van der Waals surface area contributed by atoms with Gasteiger partial charge >= 0.3 is 0 Å². The molecule has 152 valence electrons. The highest BCUT2D eigenvalue weighted by molar-refractivity contribution is 7.98. The minimum absolute atomic E-state index is 0.710. The molecule has 5 nitrogen and oxygen atoms in total. The average molecular weight is 418 g/mol. The van der Waals surface area contributed by atoms with Gasteiger partial charge in [0, 0.05) is 23.1 Å². The predicted octanol–water partition coefficient (Wildman–Crippen LogP) is 5.55. The maximum absolute atomic E-state index is 5.45. The van der Waals surface area contributed by atoms with Crippen LogP contribution in [0.4, 0.5) is 0 Å². The lowest BCUT2D eigenvalue weighted by molar-refractivity contribution is 0.394. The van der Waals surface area contributed by atoms with Crippen molar-refractivity contribution in [3.63, 3.8) is 0 Å². The van der Waals surface area contributed by atoms with Crippen LogP contribution < -0.4 is 9.47 Å². The van der Waals surface area contributed by atoms with Crippen LogP contribution in [0.2, 0.25) is 0 Å². The molecule has 0 spiro atoms. The molecule has 4 aromatic rings. The van der Waals surface area contributed by atoms with Crippen molar-refractivity contribution in [2.24, 2.45) is 0 Å². The maximum atomic E-state index is 5.45. The number of hydrogen-bond acceptors (Lipinski definition) is 5. The fraction of sp³-hybridized carbons (Fsp3) is 0.167. The fourth-order valence-corrected chi connectivity index (χ4v) is 4.04. The monoisotopic (exact) mass is 417 g/mol. The molecule has 0 aliphatic heterocycles. The van der Waals surface area contributed by atoms with Gasteiger partial charge in [-0.2, -0.15) is 0 Å². The molecule has 0 N–H and O–H groups in total. The second-order valence-corrected chi connectivity index (χ2v) is 7.80. The molecule has 0 bridgehead atoms. The first-order chi connectivity index (χ1) is 14.7. The number of rotatable bonds is 7. The van der Waals surface area contributed by atoms with Crippen molar-refractivity contribution < 1.29 is 9.47 Å². The molecule has 3 aromatic carbocycles. The summed E-state index contributed by atoms with van der Waals surface area (Å²) >= 11 is 1.66. The van der Waals surface area contributed by atoms with E-state index in [0.29, 0.717) is 11.5 Å². The van der Waals surface area contributed by atoms with Gasteiger partial charge in [0.2, 0.25) is 0 Å². The molecule has 0 fully saturated rings. The van der Waals surface area contributed by atoms with Crippen LogP contribution in [0.15, 0.2) is 78.0 Å². The van der Waals surface area contributed by atoms with E-state index >= 15 is 0 Å². The summed E-state index contributed by atoms with van der Waals surface area (Å²) in [5, 5.41) is 9.87. The van der Waals surface area contributed by atoms with Crippen LogP contribution in [0.1, 0.15) is 11.1 Å². The quantitative estimate of drug-likeness (QED) is 0.369. The Balaban J connectivity index is 1.79. The van der Waals surface area contributed by atoms with Gasteiger partial charge < -0.3 is 9.47 Å². The van der Waals surface area contributed by atoms with E-state index in [4.69, 9.17) is 9.47 Å². The first-order valence-electron chi connectivity index (χ1n) is 9.60. The zero-order chi connectivity index (χ0) is 20.9. The summed E-state index contributed by atoms with van der Waals surface area (Å²) in [5.41, 5.74) is 4.34. The maximum Gasteiger partial charge on any atom is 0.196 e. The van der Waals surface area contributed by atoms with Crippen molar-refractivity contribution in [3.8, 4) is 28.6 Å². The molecule has 1 aromatic heterocycles. The van der Waals surface area contributed by atoms with Crippen molar-refractivity contribution in [2.75, 3.05) is 14.2 Å². The molecule has 0 radical (unpaired) electrons. The minimum Gasteiger partial charge on any atom is -0.497 e. The van der Waals surface area contributed by atoms with Gasteiger partial charge in [-0.3, -0.25) is 4.57 Å². The fourth-order valence-electron chi connectivity index (χ4n) is 3.14. The van der Waals surface area contributed by atoms with Crippen molar-refractivity contribution in [2.45, 2.75) is 17.8 Å². The normalized spacial score (nSPS) is 10.8. The Morgan fingerprint density at radius 2 is 1.50 bits per heavy atom. The molecule has 0 atom stereocenters.